The largest absolute Gasteiger partial charge is 0.312 e. The van der Waals surface area contributed by atoms with Crippen LogP contribution in [0.4, 0.5) is 0 Å². The second-order valence-electron chi connectivity index (χ2n) is 4.69. The minimum Gasteiger partial charge on any atom is -0.312 e. The molecule has 0 rings (SSSR count). The van der Waals surface area contributed by atoms with Gasteiger partial charge in [0.15, 0.2) is 0 Å². The zero-order valence-electron chi connectivity index (χ0n) is 12.8. The monoisotopic (exact) mass is 256 g/mol. The molecule has 0 saturated carbocycles. The number of nitrogens with zero attached hydrogens (tertiary/aromatic N) is 2. The molecule has 1 unspecified atom stereocenters. The number of hydrogen-bond donors (Lipinski definition) is 0. The molecule has 0 aliphatic rings. The van der Waals surface area contributed by atoms with E-state index in [9.17, 15) is 0 Å². The van der Waals surface area contributed by atoms with Crippen molar-refractivity contribution in [1.29, 1.82) is 0 Å². The number of rotatable bonds is 9. The van der Waals surface area contributed by atoms with Gasteiger partial charge in [-0.05, 0) is 44.7 Å². The van der Waals surface area contributed by atoms with E-state index >= 15 is 0 Å². The molecular weight excluding hydrogens is 224 g/mol. The molecule has 0 bridgehead atoms. The molecule has 0 radical (unpaired) electrons. The van der Waals surface area contributed by atoms with Gasteiger partial charge in [0.05, 0.1) is 0 Å². The fourth-order valence-electron chi connectivity index (χ4n) is 3.17. The topological polar surface area (TPSA) is 6.48 Å². The summed E-state index contributed by atoms with van der Waals surface area (Å²) in [5.74, 6) is 0. The Bertz CT molecular complexity index is 198. The summed E-state index contributed by atoms with van der Waals surface area (Å²) in [5.41, 5.74) is 0.655. The first-order valence-corrected chi connectivity index (χ1v) is 9.66. The van der Waals surface area contributed by atoms with Crippen LogP contribution in [0.1, 0.15) is 41.0 Å². The molecule has 17 heavy (non-hydrogen) atoms. The lowest BCUT2D eigenvalue weighted by Gasteiger charge is -2.49. The summed E-state index contributed by atoms with van der Waals surface area (Å²) < 4.78 is 5.41. The van der Waals surface area contributed by atoms with Crippen LogP contribution in [-0.4, -0.2) is 43.7 Å². The van der Waals surface area contributed by atoms with Gasteiger partial charge in [-0.2, -0.15) is 0 Å². The van der Waals surface area contributed by atoms with Crippen molar-refractivity contribution in [3.05, 3.63) is 12.7 Å². The minimum absolute atomic E-state index is 0.655. The van der Waals surface area contributed by atoms with E-state index < -0.39 is 8.40 Å². The van der Waals surface area contributed by atoms with Gasteiger partial charge in [0.1, 0.15) is 0 Å². The van der Waals surface area contributed by atoms with E-state index in [-0.39, 0.29) is 0 Å². The fourth-order valence-corrected chi connectivity index (χ4v) is 8.29. The van der Waals surface area contributed by atoms with Crippen molar-refractivity contribution in [2.24, 2.45) is 0 Å². The normalized spacial score (nSPS) is 14.4. The molecule has 0 aromatic heterocycles. The predicted molar refractivity (Wildman–Crippen MR) is 81.7 cm³/mol. The first-order chi connectivity index (χ1) is 8.06. The summed E-state index contributed by atoms with van der Waals surface area (Å²) in [4.78, 5) is 0. The van der Waals surface area contributed by atoms with Crippen molar-refractivity contribution in [1.82, 2.24) is 9.13 Å². The van der Waals surface area contributed by atoms with E-state index in [1.807, 2.05) is 0 Å². The van der Waals surface area contributed by atoms with Crippen molar-refractivity contribution in [3.63, 3.8) is 0 Å². The Morgan fingerprint density at radius 2 is 1.29 bits per heavy atom. The maximum absolute atomic E-state index is 4.08. The van der Waals surface area contributed by atoms with Crippen LogP contribution in [0.25, 0.3) is 0 Å². The molecule has 0 N–H and O–H groups in total. The molecule has 0 spiro atoms. The summed E-state index contributed by atoms with van der Waals surface area (Å²) in [6.45, 7) is 22.6. The Morgan fingerprint density at radius 1 is 0.941 bits per heavy atom. The van der Waals surface area contributed by atoms with Gasteiger partial charge in [-0.1, -0.05) is 40.7 Å². The van der Waals surface area contributed by atoms with Crippen molar-refractivity contribution in [2.75, 3.05) is 26.2 Å². The summed E-state index contributed by atoms with van der Waals surface area (Å²) in [6, 6.07) is 0. The molecule has 102 valence electrons. The van der Waals surface area contributed by atoms with E-state index in [1.54, 1.807) is 0 Å². The number of allylic oxidation sites excluding steroid dienone is 1. The lowest BCUT2D eigenvalue weighted by molar-refractivity contribution is 0.345. The van der Waals surface area contributed by atoms with Gasteiger partial charge in [-0.25, -0.2) is 0 Å². The molecule has 0 amide bonds. The van der Waals surface area contributed by atoms with Crippen molar-refractivity contribution < 1.29 is 0 Å². The number of hydrogen-bond acceptors (Lipinski definition) is 2. The van der Waals surface area contributed by atoms with Gasteiger partial charge in [0, 0.05) is 0 Å². The van der Waals surface area contributed by atoms with Gasteiger partial charge in [-0.15, -0.1) is 6.58 Å². The highest BCUT2D eigenvalue weighted by Crippen LogP contribution is 2.32. The second-order valence-corrected chi connectivity index (χ2v) is 8.88. The Labute approximate surface area is 110 Å². The quantitative estimate of drug-likeness (QED) is 0.458. The molecule has 3 heteroatoms. The second kappa shape index (κ2) is 8.06. The van der Waals surface area contributed by atoms with Crippen molar-refractivity contribution in [2.45, 2.75) is 53.1 Å². The molecule has 1 atom stereocenters. The van der Waals surface area contributed by atoms with Gasteiger partial charge in [0.2, 0.25) is 8.40 Å². The Hall–Kier alpha value is -0.123. The van der Waals surface area contributed by atoms with Crippen LogP contribution in [0.2, 0.25) is 12.1 Å². The predicted octanol–water partition coefficient (Wildman–Crippen LogP) is 3.71. The first-order valence-electron chi connectivity index (χ1n) is 7.19. The molecule has 0 heterocycles. The van der Waals surface area contributed by atoms with Crippen LogP contribution < -0.4 is 0 Å². The zero-order valence-corrected chi connectivity index (χ0v) is 13.8. The smallest absolute Gasteiger partial charge is 0.210 e. The van der Waals surface area contributed by atoms with Gasteiger partial charge < -0.3 is 9.13 Å². The van der Waals surface area contributed by atoms with E-state index in [1.165, 1.54) is 6.42 Å². The minimum atomic E-state index is -1.59. The molecule has 0 aromatic rings. The fraction of sp³-hybridized carbons (Fsp3) is 0.857. The zero-order chi connectivity index (χ0) is 13.5. The van der Waals surface area contributed by atoms with Crippen molar-refractivity contribution in [3.8, 4) is 0 Å². The maximum Gasteiger partial charge on any atom is 0.210 e. The van der Waals surface area contributed by atoms with Gasteiger partial charge >= 0.3 is 0 Å². The SMILES string of the molecule is C=CC(CC)[Si](C)(N(CC)CC)N(CC)CC. The lowest BCUT2D eigenvalue weighted by Crippen LogP contribution is -2.65. The van der Waals surface area contributed by atoms with Crippen LogP contribution in [0.3, 0.4) is 0 Å². The molecule has 0 aliphatic carbocycles. The average Bonchev–Trinajstić information content (AvgIpc) is 2.33. The molecule has 0 fully saturated rings. The van der Waals surface area contributed by atoms with E-state index in [2.05, 4.69) is 63.0 Å². The standard InChI is InChI=1S/C14H32N2Si/c1-8-14(9-2)17(7,15(10-3)11-4)16(12-5)13-6/h8,14H,1,9-13H2,2-7H3. The van der Waals surface area contributed by atoms with Crippen LogP contribution in [0.5, 0.6) is 0 Å². The summed E-state index contributed by atoms with van der Waals surface area (Å²) in [7, 11) is -1.59. The highest BCUT2D eigenvalue weighted by Gasteiger charge is 2.43. The van der Waals surface area contributed by atoms with E-state index in [4.69, 9.17) is 0 Å². The third kappa shape index (κ3) is 3.43. The third-order valence-corrected chi connectivity index (χ3v) is 10.1. The Morgan fingerprint density at radius 3 is 1.47 bits per heavy atom. The third-order valence-electron chi connectivity index (χ3n) is 4.23. The summed E-state index contributed by atoms with van der Waals surface area (Å²) in [6.07, 6.45) is 3.40. The van der Waals surface area contributed by atoms with Gasteiger partial charge in [0.25, 0.3) is 0 Å². The average molecular weight is 257 g/mol. The Balaban J connectivity index is 5.36. The highest BCUT2D eigenvalue weighted by molar-refractivity contribution is 6.75. The first kappa shape index (κ1) is 16.9. The molecule has 0 aliphatic heterocycles. The summed E-state index contributed by atoms with van der Waals surface area (Å²) in [5, 5.41) is 0. The molecule has 2 nitrogen and oxygen atoms in total. The van der Waals surface area contributed by atoms with E-state index in [0.29, 0.717) is 5.54 Å². The summed E-state index contributed by atoms with van der Waals surface area (Å²) >= 11 is 0. The van der Waals surface area contributed by atoms with Gasteiger partial charge in [-0.3, -0.25) is 0 Å². The maximum atomic E-state index is 4.08. The highest BCUT2D eigenvalue weighted by atomic mass is 28.3. The lowest BCUT2D eigenvalue weighted by atomic mass is 10.3. The van der Waals surface area contributed by atoms with Crippen molar-refractivity contribution >= 4 is 8.40 Å². The van der Waals surface area contributed by atoms with E-state index in [0.717, 1.165) is 26.2 Å². The molecule has 0 saturated heterocycles. The van der Waals surface area contributed by atoms with Crippen LogP contribution in [0.15, 0.2) is 12.7 Å². The van der Waals surface area contributed by atoms with Crippen LogP contribution >= 0.6 is 0 Å². The molecule has 0 aromatic carbocycles. The Kier molecular flexibility index (Phi) is 8.00. The molecular formula is C14H32N2Si. The van der Waals surface area contributed by atoms with Crippen LogP contribution in [-0.2, 0) is 0 Å². The van der Waals surface area contributed by atoms with Crippen LogP contribution in [0, 0.1) is 0 Å².